The van der Waals surface area contributed by atoms with Crippen molar-refractivity contribution in [2.75, 3.05) is 0 Å². The number of carboxylic acids is 1. The summed E-state index contributed by atoms with van der Waals surface area (Å²) in [5.74, 6) is -5.12. The van der Waals surface area contributed by atoms with Crippen LogP contribution < -0.4 is 5.73 Å². The zero-order valence-corrected chi connectivity index (χ0v) is 8.40. The highest BCUT2D eigenvalue weighted by Crippen LogP contribution is 2.19. The van der Waals surface area contributed by atoms with E-state index >= 15 is 0 Å². The molecule has 0 aliphatic heterocycles. The Bertz CT molecular complexity index is 241. The summed E-state index contributed by atoms with van der Waals surface area (Å²) < 4.78 is 4.31. The lowest BCUT2D eigenvalue weighted by molar-refractivity contribution is -0.212. The van der Waals surface area contributed by atoms with Crippen molar-refractivity contribution in [2.24, 2.45) is 5.73 Å². The fraction of sp³-hybridized carbons (Fsp3) is 0.750. The third-order valence-corrected chi connectivity index (χ3v) is 1.27. The summed E-state index contributed by atoms with van der Waals surface area (Å²) in [6.07, 6.45) is -0.0565. The van der Waals surface area contributed by atoms with Gasteiger partial charge in [-0.25, -0.2) is 9.59 Å². The number of aliphatic hydroxyl groups is 1. The number of carbonyl (C=O) groups excluding carboxylic acids is 1. The molecule has 6 heteroatoms. The molecular formula is C8H15NO5. The van der Waals surface area contributed by atoms with Crippen LogP contribution in [-0.4, -0.2) is 33.5 Å². The Morgan fingerprint density at radius 3 is 2.07 bits per heavy atom. The number of esters is 1. The fourth-order valence-electron chi connectivity index (χ4n) is 1.12. The van der Waals surface area contributed by atoms with Crippen LogP contribution >= 0.6 is 0 Å². The smallest absolute Gasteiger partial charge is 0.419 e. The molecule has 0 aromatic heterocycles. The van der Waals surface area contributed by atoms with Gasteiger partial charge in [0.15, 0.2) is 0 Å². The summed E-state index contributed by atoms with van der Waals surface area (Å²) in [6.45, 7) is 4.43. The SMILES string of the molecule is CC(C)(N)C[C@@](C)(O)OC(=O)C(=O)O. The Hall–Kier alpha value is -1.14. The quantitative estimate of drug-likeness (QED) is 0.324. The maximum atomic E-state index is 10.6. The van der Waals surface area contributed by atoms with Gasteiger partial charge in [0.1, 0.15) is 0 Å². The summed E-state index contributed by atoms with van der Waals surface area (Å²) in [5.41, 5.74) is 4.81. The van der Waals surface area contributed by atoms with E-state index in [0.29, 0.717) is 0 Å². The summed E-state index contributed by atoms with van der Waals surface area (Å²) in [7, 11) is 0. The summed E-state index contributed by atoms with van der Waals surface area (Å²) in [4.78, 5) is 20.7. The first-order valence-electron chi connectivity index (χ1n) is 4.01. The Kier molecular flexibility index (Phi) is 3.61. The molecule has 4 N–H and O–H groups in total. The van der Waals surface area contributed by atoms with Crippen LogP contribution in [0.5, 0.6) is 0 Å². The van der Waals surface area contributed by atoms with Crippen LogP contribution in [0.4, 0.5) is 0 Å². The van der Waals surface area contributed by atoms with Gasteiger partial charge in [-0.1, -0.05) is 0 Å². The van der Waals surface area contributed by atoms with Gasteiger partial charge in [0.2, 0.25) is 5.79 Å². The number of hydrogen-bond acceptors (Lipinski definition) is 5. The first-order chi connectivity index (χ1) is 6.03. The van der Waals surface area contributed by atoms with Crippen molar-refractivity contribution in [3.05, 3.63) is 0 Å². The molecule has 0 unspecified atom stereocenters. The largest absolute Gasteiger partial charge is 0.473 e. The van der Waals surface area contributed by atoms with Gasteiger partial charge in [-0.05, 0) is 13.8 Å². The molecule has 0 radical (unpaired) electrons. The minimum atomic E-state index is -1.87. The molecule has 6 nitrogen and oxygen atoms in total. The van der Waals surface area contributed by atoms with Crippen molar-refractivity contribution in [1.29, 1.82) is 0 Å². The average Bonchev–Trinajstić information content (AvgIpc) is 1.78. The molecule has 0 rings (SSSR count). The molecule has 0 heterocycles. The van der Waals surface area contributed by atoms with Crippen molar-refractivity contribution >= 4 is 11.9 Å². The van der Waals surface area contributed by atoms with E-state index in [1.54, 1.807) is 13.8 Å². The van der Waals surface area contributed by atoms with E-state index in [0.717, 1.165) is 0 Å². The van der Waals surface area contributed by atoms with Crippen LogP contribution in [0, 0.1) is 0 Å². The highest BCUT2D eigenvalue weighted by Gasteiger charge is 2.33. The van der Waals surface area contributed by atoms with Crippen molar-refractivity contribution in [2.45, 2.75) is 38.5 Å². The van der Waals surface area contributed by atoms with Crippen LogP contribution in [0.15, 0.2) is 0 Å². The number of hydrogen-bond donors (Lipinski definition) is 3. The van der Waals surface area contributed by atoms with E-state index in [-0.39, 0.29) is 6.42 Å². The van der Waals surface area contributed by atoms with Gasteiger partial charge in [-0.15, -0.1) is 0 Å². The summed E-state index contributed by atoms with van der Waals surface area (Å²) >= 11 is 0. The minimum absolute atomic E-state index is 0.0565. The van der Waals surface area contributed by atoms with Crippen LogP contribution in [0.2, 0.25) is 0 Å². The van der Waals surface area contributed by atoms with Crippen LogP contribution in [-0.2, 0) is 14.3 Å². The van der Waals surface area contributed by atoms with Crippen molar-refractivity contribution < 1.29 is 24.5 Å². The molecule has 0 spiro atoms. The first kappa shape index (κ1) is 12.9. The fourth-order valence-corrected chi connectivity index (χ4v) is 1.12. The van der Waals surface area contributed by atoms with E-state index in [4.69, 9.17) is 10.8 Å². The van der Waals surface area contributed by atoms with E-state index in [1.807, 2.05) is 0 Å². The molecule has 14 heavy (non-hydrogen) atoms. The minimum Gasteiger partial charge on any atom is -0.473 e. The number of rotatable bonds is 3. The highest BCUT2D eigenvalue weighted by molar-refractivity contribution is 6.28. The zero-order chi connectivity index (χ0) is 11.6. The van der Waals surface area contributed by atoms with Gasteiger partial charge < -0.3 is 20.7 Å². The number of carboxylic acid groups (broad SMARTS) is 1. The second kappa shape index (κ2) is 3.93. The van der Waals surface area contributed by atoms with Gasteiger partial charge in [0.05, 0.1) is 0 Å². The van der Waals surface area contributed by atoms with Crippen molar-refractivity contribution in [3.63, 3.8) is 0 Å². The maximum Gasteiger partial charge on any atom is 0.419 e. The topological polar surface area (TPSA) is 110 Å². The summed E-state index contributed by atoms with van der Waals surface area (Å²) in [5, 5.41) is 17.7. The zero-order valence-electron chi connectivity index (χ0n) is 8.40. The molecule has 0 aromatic carbocycles. The molecule has 0 aromatic rings. The molecule has 0 amide bonds. The van der Waals surface area contributed by atoms with E-state index < -0.39 is 23.3 Å². The Morgan fingerprint density at radius 1 is 1.36 bits per heavy atom. The molecule has 0 fully saturated rings. The van der Waals surface area contributed by atoms with Crippen LogP contribution in [0.1, 0.15) is 27.2 Å². The standard InChI is InChI=1S/C8H15NO5/c1-7(2,9)4-8(3,13)14-6(12)5(10)11/h13H,4,9H2,1-3H3,(H,10,11)/t8-/m0/s1. The second-order valence-electron chi connectivity index (χ2n) is 4.04. The highest BCUT2D eigenvalue weighted by atomic mass is 16.7. The molecular weight excluding hydrogens is 190 g/mol. The number of carbonyl (C=O) groups is 2. The third-order valence-electron chi connectivity index (χ3n) is 1.27. The maximum absolute atomic E-state index is 10.6. The predicted molar refractivity (Wildman–Crippen MR) is 47.2 cm³/mol. The lowest BCUT2D eigenvalue weighted by Crippen LogP contribution is -2.45. The van der Waals surface area contributed by atoms with Gasteiger partial charge in [-0.2, -0.15) is 0 Å². The Labute approximate surface area is 81.7 Å². The van der Waals surface area contributed by atoms with E-state index in [1.165, 1.54) is 6.92 Å². The molecule has 1 atom stereocenters. The Balaban J connectivity index is 4.35. The molecule has 0 saturated carbocycles. The predicted octanol–water partition coefficient (Wildman–Crippen LogP) is -0.550. The average molecular weight is 205 g/mol. The lowest BCUT2D eigenvalue weighted by Gasteiger charge is -2.29. The lowest BCUT2D eigenvalue weighted by atomic mass is 9.97. The normalized spacial score (nSPS) is 15.8. The number of nitrogens with two attached hydrogens (primary N) is 1. The second-order valence-corrected chi connectivity index (χ2v) is 4.04. The van der Waals surface area contributed by atoms with Crippen LogP contribution in [0.3, 0.4) is 0 Å². The van der Waals surface area contributed by atoms with Gasteiger partial charge in [0.25, 0.3) is 0 Å². The van der Waals surface area contributed by atoms with Gasteiger partial charge in [0, 0.05) is 18.9 Å². The van der Waals surface area contributed by atoms with Gasteiger partial charge >= 0.3 is 11.9 Å². The number of aliphatic carboxylic acids is 1. The molecule has 0 aliphatic rings. The van der Waals surface area contributed by atoms with Crippen molar-refractivity contribution in [3.8, 4) is 0 Å². The first-order valence-corrected chi connectivity index (χ1v) is 4.01. The molecule has 0 aliphatic carbocycles. The van der Waals surface area contributed by atoms with Gasteiger partial charge in [-0.3, -0.25) is 0 Å². The molecule has 82 valence electrons. The summed E-state index contributed by atoms with van der Waals surface area (Å²) in [6, 6.07) is 0. The molecule has 0 bridgehead atoms. The number of ether oxygens (including phenoxy) is 1. The van der Waals surface area contributed by atoms with E-state index in [9.17, 15) is 14.7 Å². The molecule has 0 saturated heterocycles. The third kappa shape index (κ3) is 5.50. The monoisotopic (exact) mass is 205 g/mol. The van der Waals surface area contributed by atoms with Crippen LogP contribution in [0.25, 0.3) is 0 Å². The Morgan fingerprint density at radius 2 is 1.79 bits per heavy atom. The van der Waals surface area contributed by atoms with Crippen molar-refractivity contribution in [1.82, 2.24) is 0 Å². The van der Waals surface area contributed by atoms with E-state index in [2.05, 4.69) is 4.74 Å².